The third-order valence-corrected chi connectivity index (χ3v) is 5.25. The van der Waals surface area contributed by atoms with Crippen molar-refractivity contribution in [2.45, 2.75) is 13.0 Å². The van der Waals surface area contributed by atoms with Crippen molar-refractivity contribution in [2.75, 3.05) is 18.4 Å². The monoisotopic (exact) mass is 410 g/mol. The van der Waals surface area contributed by atoms with Crippen LogP contribution in [0.15, 0.2) is 41.2 Å². The maximum Gasteiger partial charge on any atom is 0.238 e. The van der Waals surface area contributed by atoms with E-state index in [2.05, 4.69) is 10.3 Å². The molecule has 0 aliphatic carbocycles. The number of pyridine rings is 1. The number of anilines is 1. The number of aromatic nitrogens is 1. The van der Waals surface area contributed by atoms with Crippen LogP contribution in [0.5, 0.6) is 0 Å². The fourth-order valence-electron chi connectivity index (χ4n) is 3.55. The lowest BCUT2D eigenvalue weighted by Gasteiger charge is -2.28. The highest BCUT2D eigenvalue weighted by molar-refractivity contribution is 6.31. The number of halogens is 2. The first-order chi connectivity index (χ1) is 14.0. The summed E-state index contributed by atoms with van der Waals surface area (Å²) in [6.45, 7) is 0.932. The summed E-state index contributed by atoms with van der Waals surface area (Å²) < 4.78 is 14.3. The number of benzene rings is 2. The topological polar surface area (TPSA) is 89.0 Å². The molecule has 146 valence electrons. The van der Waals surface area contributed by atoms with Crippen molar-refractivity contribution in [3.05, 3.63) is 74.3 Å². The Labute approximate surface area is 170 Å². The Kier molecular flexibility index (Phi) is 5.05. The Morgan fingerprint density at radius 1 is 1.34 bits per heavy atom. The summed E-state index contributed by atoms with van der Waals surface area (Å²) in [5.41, 5.74) is 2.07. The highest BCUT2D eigenvalue weighted by atomic mass is 35.5. The summed E-state index contributed by atoms with van der Waals surface area (Å²) in [7, 11) is 0. The molecule has 1 amide bonds. The molecule has 0 fully saturated rings. The smallest absolute Gasteiger partial charge is 0.238 e. The van der Waals surface area contributed by atoms with Crippen molar-refractivity contribution in [3.63, 3.8) is 0 Å². The van der Waals surface area contributed by atoms with Crippen LogP contribution < -0.4 is 10.7 Å². The molecule has 1 aliphatic rings. The van der Waals surface area contributed by atoms with Crippen molar-refractivity contribution < 1.29 is 9.18 Å². The maximum absolute atomic E-state index is 14.3. The minimum atomic E-state index is -0.634. The molecular formula is C21H16ClFN4O2. The summed E-state index contributed by atoms with van der Waals surface area (Å²) in [6.07, 6.45) is 0.490. The molecule has 2 heterocycles. The van der Waals surface area contributed by atoms with Gasteiger partial charge in [-0.1, -0.05) is 17.7 Å². The highest BCUT2D eigenvalue weighted by Crippen LogP contribution is 2.24. The zero-order chi connectivity index (χ0) is 20.5. The number of carbonyl (C=O) groups is 1. The van der Waals surface area contributed by atoms with Crippen LogP contribution in [0.3, 0.4) is 0 Å². The van der Waals surface area contributed by atoms with E-state index in [1.807, 2.05) is 11.0 Å². The zero-order valence-electron chi connectivity index (χ0n) is 15.3. The van der Waals surface area contributed by atoms with Crippen molar-refractivity contribution in [1.29, 1.82) is 5.26 Å². The number of hydrogen-bond acceptors (Lipinski definition) is 4. The normalized spacial score (nSPS) is 13.7. The van der Waals surface area contributed by atoms with Crippen LogP contribution in [0.4, 0.5) is 10.1 Å². The molecule has 0 atom stereocenters. The molecule has 8 heteroatoms. The van der Waals surface area contributed by atoms with E-state index in [0.29, 0.717) is 35.5 Å². The number of nitrogens with one attached hydrogen (secondary N) is 2. The molecule has 0 bridgehead atoms. The number of aromatic amines is 1. The number of nitrogens with zero attached hydrogens (tertiary/aromatic N) is 2. The first-order valence-electron chi connectivity index (χ1n) is 9.00. The molecular weight excluding hydrogens is 395 g/mol. The van der Waals surface area contributed by atoms with E-state index in [0.717, 1.165) is 0 Å². The van der Waals surface area contributed by atoms with Gasteiger partial charge < -0.3 is 10.3 Å². The van der Waals surface area contributed by atoms with Gasteiger partial charge in [0.2, 0.25) is 5.91 Å². The second kappa shape index (κ2) is 7.66. The van der Waals surface area contributed by atoms with Crippen LogP contribution in [-0.4, -0.2) is 28.9 Å². The standard InChI is InChI=1S/C21H16ClFN4O2/c22-16-5-4-14-20(19(16)23)26-17-6-7-27(10-15(17)21(14)29)11-18(28)25-13-3-1-2-12(8-13)9-24/h1-5,8H,6-7,10-11H2,(H,25,28)(H,26,29). The Morgan fingerprint density at radius 2 is 2.17 bits per heavy atom. The SMILES string of the molecule is N#Cc1cccc(NC(=O)CN2CCc3[nH]c4c(F)c(Cl)ccc4c(=O)c3C2)c1. The van der Waals surface area contributed by atoms with Gasteiger partial charge in [0.25, 0.3) is 0 Å². The number of amides is 1. The molecule has 0 unspecified atom stereocenters. The predicted molar refractivity (Wildman–Crippen MR) is 108 cm³/mol. The van der Waals surface area contributed by atoms with Gasteiger partial charge >= 0.3 is 0 Å². The predicted octanol–water partition coefficient (Wildman–Crippen LogP) is 3.19. The fraction of sp³-hybridized carbons (Fsp3) is 0.190. The molecule has 1 aromatic heterocycles. The van der Waals surface area contributed by atoms with Gasteiger partial charge in [-0.05, 0) is 30.3 Å². The number of hydrogen-bond donors (Lipinski definition) is 2. The second-order valence-electron chi connectivity index (χ2n) is 6.90. The van der Waals surface area contributed by atoms with Gasteiger partial charge in [-0.15, -0.1) is 0 Å². The number of nitriles is 1. The van der Waals surface area contributed by atoms with Crippen molar-refractivity contribution in [2.24, 2.45) is 0 Å². The second-order valence-corrected chi connectivity index (χ2v) is 7.30. The molecule has 0 radical (unpaired) electrons. The van der Waals surface area contributed by atoms with E-state index in [1.165, 1.54) is 12.1 Å². The lowest BCUT2D eigenvalue weighted by Crippen LogP contribution is -2.39. The minimum Gasteiger partial charge on any atom is -0.355 e. The minimum absolute atomic E-state index is 0.0392. The van der Waals surface area contributed by atoms with Crippen LogP contribution >= 0.6 is 11.6 Å². The summed E-state index contributed by atoms with van der Waals surface area (Å²) in [5.74, 6) is -0.871. The van der Waals surface area contributed by atoms with Gasteiger partial charge in [0.15, 0.2) is 11.2 Å². The van der Waals surface area contributed by atoms with Crippen LogP contribution in [0.2, 0.25) is 5.02 Å². The van der Waals surface area contributed by atoms with E-state index < -0.39 is 5.82 Å². The van der Waals surface area contributed by atoms with Gasteiger partial charge in [0.1, 0.15) is 0 Å². The van der Waals surface area contributed by atoms with Crippen molar-refractivity contribution in [3.8, 4) is 6.07 Å². The van der Waals surface area contributed by atoms with Crippen LogP contribution in [0.1, 0.15) is 16.8 Å². The van der Waals surface area contributed by atoms with Gasteiger partial charge in [0.05, 0.1) is 28.7 Å². The average Bonchev–Trinajstić information content (AvgIpc) is 2.71. The van der Waals surface area contributed by atoms with E-state index in [1.54, 1.807) is 24.3 Å². The van der Waals surface area contributed by atoms with Crippen LogP contribution in [-0.2, 0) is 17.8 Å². The lowest BCUT2D eigenvalue weighted by molar-refractivity contribution is -0.117. The summed E-state index contributed by atoms with van der Waals surface area (Å²) in [6, 6.07) is 11.6. The van der Waals surface area contributed by atoms with E-state index >= 15 is 0 Å². The maximum atomic E-state index is 14.3. The molecule has 0 spiro atoms. The Hall–Kier alpha value is -3.21. The number of rotatable bonds is 3. The number of fused-ring (bicyclic) bond motifs is 2. The molecule has 1 aliphatic heterocycles. The van der Waals surface area contributed by atoms with Gasteiger partial charge in [-0.3, -0.25) is 14.5 Å². The van der Waals surface area contributed by atoms with Crippen LogP contribution in [0, 0.1) is 17.1 Å². The van der Waals surface area contributed by atoms with Gasteiger partial charge in [-0.2, -0.15) is 5.26 Å². The molecule has 3 aromatic rings. The highest BCUT2D eigenvalue weighted by Gasteiger charge is 2.23. The van der Waals surface area contributed by atoms with Crippen molar-refractivity contribution in [1.82, 2.24) is 9.88 Å². The largest absolute Gasteiger partial charge is 0.355 e. The summed E-state index contributed by atoms with van der Waals surface area (Å²) in [5, 5.41) is 11.9. The lowest BCUT2D eigenvalue weighted by atomic mass is 10.0. The third kappa shape index (κ3) is 3.73. The Balaban J connectivity index is 1.53. The first kappa shape index (κ1) is 19.1. The zero-order valence-corrected chi connectivity index (χ0v) is 16.0. The van der Waals surface area contributed by atoms with E-state index in [4.69, 9.17) is 16.9 Å². The molecule has 4 rings (SSSR count). The molecule has 6 nitrogen and oxygen atoms in total. The van der Waals surface area contributed by atoms with Crippen molar-refractivity contribution >= 4 is 34.1 Å². The van der Waals surface area contributed by atoms with Crippen LogP contribution in [0.25, 0.3) is 10.9 Å². The molecule has 2 aromatic carbocycles. The molecule has 2 N–H and O–H groups in total. The van der Waals surface area contributed by atoms with E-state index in [9.17, 15) is 14.0 Å². The first-order valence-corrected chi connectivity index (χ1v) is 9.38. The molecule has 29 heavy (non-hydrogen) atoms. The average molecular weight is 411 g/mol. The van der Waals surface area contributed by atoms with E-state index in [-0.39, 0.29) is 40.4 Å². The number of carbonyl (C=O) groups excluding carboxylic acids is 1. The van der Waals surface area contributed by atoms with Gasteiger partial charge in [0, 0.05) is 41.8 Å². The quantitative estimate of drug-likeness (QED) is 0.694. The third-order valence-electron chi connectivity index (χ3n) is 4.96. The number of H-pyrrole nitrogens is 1. The summed E-state index contributed by atoms with van der Waals surface area (Å²) >= 11 is 5.82. The Morgan fingerprint density at radius 3 is 2.97 bits per heavy atom. The van der Waals surface area contributed by atoms with Gasteiger partial charge in [-0.25, -0.2) is 4.39 Å². The fourth-order valence-corrected chi connectivity index (χ4v) is 3.70. The summed E-state index contributed by atoms with van der Waals surface area (Å²) in [4.78, 5) is 30.1. The molecule has 0 saturated heterocycles. The Bertz CT molecular complexity index is 1230. The molecule has 0 saturated carbocycles.